The van der Waals surface area contributed by atoms with Gasteiger partial charge in [-0.25, -0.2) is 8.78 Å². The molecule has 0 N–H and O–H groups in total. The van der Waals surface area contributed by atoms with E-state index < -0.39 is 17.7 Å². The molecule has 0 radical (unpaired) electrons. The number of ketones is 1. The Morgan fingerprint density at radius 1 is 0.971 bits per heavy atom. The van der Waals surface area contributed by atoms with E-state index in [0.29, 0.717) is 28.7 Å². The van der Waals surface area contributed by atoms with Crippen LogP contribution in [0.15, 0.2) is 66.0 Å². The SMILES string of the molecule is O=C(C[N+]12CCC(CC1)C(C(=O)OC(c1cccc(F)c1)c1cccc(F)c1)C2)c1cccs1. The molecule has 0 spiro atoms. The van der Waals surface area contributed by atoms with Crippen LogP contribution in [0.3, 0.4) is 0 Å². The van der Waals surface area contributed by atoms with Crippen LogP contribution in [0.5, 0.6) is 0 Å². The first kappa shape index (κ1) is 22.9. The molecule has 4 nitrogen and oxygen atoms in total. The second kappa shape index (κ2) is 9.39. The molecule has 176 valence electrons. The maximum atomic E-state index is 14.0. The van der Waals surface area contributed by atoms with Crippen molar-refractivity contribution in [2.75, 3.05) is 26.2 Å². The third-order valence-corrected chi connectivity index (χ3v) is 8.13. The smallest absolute Gasteiger partial charge is 0.315 e. The first-order chi connectivity index (χ1) is 16.4. The lowest BCUT2D eigenvalue weighted by Gasteiger charge is -2.51. The third kappa shape index (κ3) is 4.68. The number of rotatable bonds is 7. The number of carbonyl (C=O) groups excluding carboxylic acids is 2. The van der Waals surface area contributed by atoms with E-state index in [-0.39, 0.29) is 23.6 Å². The molecular formula is C27H26F2NO3S+. The predicted molar refractivity (Wildman–Crippen MR) is 125 cm³/mol. The van der Waals surface area contributed by atoms with E-state index >= 15 is 0 Å². The number of halogens is 2. The lowest BCUT2D eigenvalue weighted by molar-refractivity contribution is -0.938. The molecule has 3 fully saturated rings. The lowest BCUT2D eigenvalue weighted by atomic mass is 9.77. The summed E-state index contributed by atoms with van der Waals surface area (Å²) in [5.74, 6) is -1.30. The van der Waals surface area contributed by atoms with Crippen LogP contribution in [0.1, 0.15) is 39.7 Å². The Kier molecular flexibility index (Phi) is 6.32. The summed E-state index contributed by atoms with van der Waals surface area (Å²) in [5.41, 5.74) is 0.911. The number of fused-ring (bicyclic) bond motifs is 3. The molecule has 1 atom stereocenters. The summed E-state index contributed by atoms with van der Waals surface area (Å²) in [6.07, 6.45) is 0.819. The van der Waals surface area contributed by atoms with E-state index in [4.69, 9.17) is 4.74 Å². The lowest BCUT2D eigenvalue weighted by Crippen LogP contribution is -2.64. The van der Waals surface area contributed by atoms with Gasteiger partial charge in [0.25, 0.3) is 0 Å². The quantitative estimate of drug-likeness (QED) is 0.257. The summed E-state index contributed by atoms with van der Waals surface area (Å²) in [5, 5.41) is 1.90. The van der Waals surface area contributed by atoms with Crippen molar-refractivity contribution in [3.8, 4) is 0 Å². The zero-order chi connectivity index (χ0) is 23.7. The fraction of sp³-hybridized carbons (Fsp3) is 0.333. The third-order valence-electron chi connectivity index (χ3n) is 7.22. The van der Waals surface area contributed by atoms with Gasteiger partial charge in [0.15, 0.2) is 6.10 Å². The van der Waals surface area contributed by atoms with Crippen molar-refractivity contribution in [1.29, 1.82) is 0 Å². The molecule has 1 aromatic heterocycles. The summed E-state index contributed by atoms with van der Waals surface area (Å²) >= 11 is 1.44. The molecule has 7 heteroatoms. The highest BCUT2D eigenvalue weighted by atomic mass is 32.1. The minimum Gasteiger partial charge on any atom is -0.452 e. The van der Waals surface area contributed by atoms with Crippen LogP contribution in [-0.4, -0.2) is 42.4 Å². The van der Waals surface area contributed by atoms with Crippen molar-refractivity contribution in [3.63, 3.8) is 0 Å². The van der Waals surface area contributed by atoms with E-state index in [1.807, 2.05) is 17.5 Å². The Hall–Kier alpha value is -2.90. The molecule has 2 aromatic carbocycles. The van der Waals surface area contributed by atoms with Crippen molar-refractivity contribution in [1.82, 2.24) is 0 Å². The second-order valence-corrected chi connectivity index (χ2v) is 10.3. The number of hydrogen-bond acceptors (Lipinski definition) is 4. The van der Waals surface area contributed by atoms with Crippen molar-refractivity contribution in [2.45, 2.75) is 18.9 Å². The topological polar surface area (TPSA) is 43.4 Å². The Morgan fingerprint density at radius 2 is 1.62 bits per heavy atom. The summed E-state index contributed by atoms with van der Waals surface area (Å²) in [4.78, 5) is 27.1. The summed E-state index contributed by atoms with van der Waals surface area (Å²) in [6.45, 7) is 2.69. The summed E-state index contributed by atoms with van der Waals surface area (Å²) in [6, 6.07) is 15.4. The van der Waals surface area contributed by atoms with Gasteiger partial charge in [-0.05, 0) is 52.8 Å². The number of hydrogen-bond donors (Lipinski definition) is 0. The normalized spacial score (nSPS) is 23.7. The van der Waals surface area contributed by atoms with Gasteiger partial charge in [-0.15, -0.1) is 11.3 Å². The first-order valence-corrected chi connectivity index (χ1v) is 12.4. The Bertz CT molecular complexity index is 1140. The average molecular weight is 483 g/mol. The van der Waals surface area contributed by atoms with Gasteiger partial charge in [0.05, 0.1) is 24.5 Å². The molecule has 0 aliphatic carbocycles. The maximum Gasteiger partial charge on any atom is 0.315 e. The van der Waals surface area contributed by atoms with Gasteiger partial charge < -0.3 is 9.22 Å². The largest absolute Gasteiger partial charge is 0.452 e. The zero-order valence-electron chi connectivity index (χ0n) is 18.7. The minimum atomic E-state index is -0.907. The van der Waals surface area contributed by atoms with Crippen LogP contribution in [0.4, 0.5) is 8.78 Å². The zero-order valence-corrected chi connectivity index (χ0v) is 19.5. The fourth-order valence-electron chi connectivity index (χ4n) is 5.47. The van der Waals surface area contributed by atoms with E-state index in [0.717, 1.165) is 30.8 Å². The second-order valence-electron chi connectivity index (χ2n) is 9.40. The van der Waals surface area contributed by atoms with Gasteiger partial charge >= 0.3 is 5.97 Å². The van der Waals surface area contributed by atoms with Crippen molar-refractivity contribution >= 4 is 23.1 Å². The number of benzene rings is 2. The number of esters is 1. The molecule has 6 rings (SSSR count). The van der Waals surface area contributed by atoms with Crippen molar-refractivity contribution in [3.05, 3.63) is 93.7 Å². The van der Waals surface area contributed by atoms with Crippen LogP contribution in [0.2, 0.25) is 0 Å². The first-order valence-electron chi connectivity index (χ1n) is 11.6. The molecule has 0 saturated carbocycles. The van der Waals surface area contributed by atoms with Crippen LogP contribution >= 0.6 is 11.3 Å². The number of carbonyl (C=O) groups is 2. The molecule has 4 heterocycles. The van der Waals surface area contributed by atoms with Gasteiger partial charge in [-0.3, -0.25) is 9.59 Å². The Balaban J connectivity index is 1.37. The number of ether oxygens (including phenoxy) is 1. The van der Waals surface area contributed by atoms with Crippen LogP contribution in [0, 0.1) is 23.5 Å². The number of quaternary nitrogens is 1. The Labute approximate surface area is 201 Å². The molecular weight excluding hydrogens is 456 g/mol. The predicted octanol–water partition coefficient (Wildman–Crippen LogP) is 5.40. The molecule has 0 amide bonds. The summed E-state index contributed by atoms with van der Waals surface area (Å²) in [7, 11) is 0. The highest BCUT2D eigenvalue weighted by Gasteiger charge is 2.50. The number of nitrogens with zero attached hydrogens (tertiary/aromatic N) is 1. The van der Waals surface area contributed by atoms with E-state index in [1.54, 1.807) is 24.3 Å². The number of piperidine rings is 3. The van der Waals surface area contributed by atoms with Gasteiger partial charge in [0.1, 0.15) is 24.1 Å². The monoisotopic (exact) mass is 482 g/mol. The average Bonchev–Trinajstić information content (AvgIpc) is 3.38. The van der Waals surface area contributed by atoms with E-state index in [2.05, 4.69) is 0 Å². The van der Waals surface area contributed by atoms with Crippen LogP contribution in [-0.2, 0) is 9.53 Å². The van der Waals surface area contributed by atoms with Crippen molar-refractivity contribution in [2.24, 2.45) is 11.8 Å². The van der Waals surface area contributed by atoms with Crippen LogP contribution in [0.25, 0.3) is 0 Å². The Morgan fingerprint density at radius 3 is 2.18 bits per heavy atom. The standard InChI is InChI=1S/C27H26F2NO3S/c28-21-6-1-4-19(14-21)26(20-5-2-7-22(29)15-20)33-27(32)23-16-30(11-9-18(23)10-12-30)17-24(31)25-8-3-13-34-25/h1-8,13-15,18,23,26H,9-12,16-17H2/q+1. The van der Waals surface area contributed by atoms with E-state index in [1.165, 1.54) is 35.6 Å². The number of thiophene rings is 1. The molecule has 34 heavy (non-hydrogen) atoms. The van der Waals surface area contributed by atoms with Gasteiger partial charge in [-0.2, -0.15) is 0 Å². The molecule has 1 unspecified atom stereocenters. The van der Waals surface area contributed by atoms with Gasteiger partial charge in [0, 0.05) is 12.8 Å². The van der Waals surface area contributed by atoms with Crippen molar-refractivity contribution < 1.29 is 27.6 Å². The van der Waals surface area contributed by atoms with Gasteiger partial charge in [-0.1, -0.05) is 30.3 Å². The molecule has 3 saturated heterocycles. The fourth-order valence-corrected chi connectivity index (χ4v) is 6.12. The molecule has 3 aliphatic heterocycles. The summed E-state index contributed by atoms with van der Waals surface area (Å²) < 4.78 is 34.5. The minimum absolute atomic E-state index is 0.111. The highest BCUT2D eigenvalue weighted by molar-refractivity contribution is 7.12. The molecule has 3 aromatic rings. The van der Waals surface area contributed by atoms with Crippen LogP contribution < -0.4 is 0 Å². The maximum absolute atomic E-state index is 14.0. The van der Waals surface area contributed by atoms with Gasteiger partial charge in [0.2, 0.25) is 5.78 Å². The molecule has 2 bridgehead atoms. The number of Topliss-reactive ketones (excluding diaryl/α,β-unsaturated/α-hetero) is 1. The molecule has 3 aliphatic rings. The van der Waals surface area contributed by atoms with E-state index in [9.17, 15) is 18.4 Å². The highest BCUT2D eigenvalue weighted by Crippen LogP contribution is 2.40.